The molecule has 0 spiro atoms. The third-order valence-corrected chi connectivity index (χ3v) is 3.17. The van der Waals surface area contributed by atoms with Crippen LogP contribution in [0.15, 0.2) is 29.1 Å². The third kappa shape index (κ3) is 1.61. The number of aromatic nitrogens is 3. The standard InChI is InChI=1S/C13H12N4O2/c1-7-11-12(16-15-7)8-4-2-3-5-9(8)17(13(11)19)6-10(14)18/h2-5H,6H2,1H3,(H2,14,18)(H,15,16). The van der Waals surface area contributed by atoms with Gasteiger partial charge in [-0.05, 0) is 13.0 Å². The molecule has 19 heavy (non-hydrogen) atoms. The van der Waals surface area contributed by atoms with Crippen molar-refractivity contribution in [3.8, 4) is 0 Å². The molecule has 6 heteroatoms. The number of nitrogens with two attached hydrogens (primary N) is 1. The van der Waals surface area contributed by atoms with Crippen LogP contribution in [0, 0.1) is 6.92 Å². The molecule has 6 nitrogen and oxygen atoms in total. The maximum absolute atomic E-state index is 12.5. The van der Waals surface area contributed by atoms with E-state index in [1.807, 2.05) is 18.2 Å². The first kappa shape index (κ1) is 11.5. The van der Waals surface area contributed by atoms with Gasteiger partial charge in [0, 0.05) is 11.1 Å². The number of benzene rings is 1. The summed E-state index contributed by atoms with van der Waals surface area (Å²) in [4.78, 5) is 23.6. The minimum absolute atomic E-state index is 0.139. The highest BCUT2D eigenvalue weighted by Crippen LogP contribution is 2.22. The summed E-state index contributed by atoms with van der Waals surface area (Å²) in [6.45, 7) is 1.64. The molecule has 0 aliphatic carbocycles. The number of aromatic amines is 1. The molecule has 96 valence electrons. The van der Waals surface area contributed by atoms with Crippen molar-refractivity contribution in [3.63, 3.8) is 0 Å². The van der Waals surface area contributed by atoms with E-state index in [0.29, 0.717) is 22.1 Å². The summed E-state index contributed by atoms with van der Waals surface area (Å²) in [5.41, 5.74) is 6.93. The summed E-state index contributed by atoms with van der Waals surface area (Å²) in [7, 11) is 0. The Morgan fingerprint density at radius 2 is 2.16 bits per heavy atom. The highest BCUT2D eigenvalue weighted by Gasteiger charge is 2.15. The quantitative estimate of drug-likeness (QED) is 0.705. The van der Waals surface area contributed by atoms with E-state index in [2.05, 4.69) is 10.2 Å². The van der Waals surface area contributed by atoms with Crippen LogP contribution in [0.3, 0.4) is 0 Å². The largest absolute Gasteiger partial charge is 0.368 e. The number of amides is 1. The number of nitrogens with one attached hydrogen (secondary N) is 1. The van der Waals surface area contributed by atoms with Gasteiger partial charge in [-0.3, -0.25) is 19.3 Å². The van der Waals surface area contributed by atoms with Crippen molar-refractivity contribution in [1.29, 1.82) is 0 Å². The van der Waals surface area contributed by atoms with Gasteiger partial charge in [0.05, 0.1) is 10.9 Å². The second-order valence-corrected chi connectivity index (χ2v) is 4.45. The lowest BCUT2D eigenvalue weighted by atomic mass is 10.1. The zero-order valence-corrected chi connectivity index (χ0v) is 10.3. The molecule has 0 unspecified atom stereocenters. The van der Waals surface area contributed by atoms with Gasteiger partial charge in [-0.1, -0.05) is 18.2 Å². The third-order valence-electron chi connectivity index (χ3n) is 3.17. The summed E-state index contributed by atoms with van der Waals surface area (Å²) >= 11 is 0. The van der Waals surface area contributed by atoms with E-state index in [0.717, 1.165) is 5.39 Å². The Labute approximate surface area is 107 Å². The zero-order valence-electron chi connectivity index (χ0n) is 10.3. The number of nitrogens with zero attached hydrogens (tertiary/aromatic N) is 2. The number of carbonyl (C=O) groups is 1. The second kappa shape index (κ2) is 3.94. The van der Waals surface area contributed by atoms with Gasteiger partial charge in [-0.15, -0.1) is 0 Å². The number of fused-ring (bicyclic) bond motifs is 3. The Kier molecular flexibility index (Phi) is 2.38. The van der Waals surface area contributed by atoms with Crippen molar-refractivity contribution in [2.75, 3.05) is 0 Å². The predicted molar refractivity (Wildman–Crippen MR) is 71.8 cm³/mol. The van der Waals surface area contributed by atoms with Crippen LogP contribution in [-0.4, -0.2) is 20.7 Å². The second-order valence-electron chi connectivity index (χ2n) is 4.45. The normalized spacial score (nSPS) is 11.2. The Balaban J connectivity index is 2.56. The molecule has 3 N–H and O–H groups in total. The molecule has 1 aromatic carbocycles. The van der Waals surface area contributed by atoms with Gasteiger partial charge in [-0.2, -0.15) is 5.10 Å². The zero-order chi connectivity index (χ0) is 13.6. The highest BCUT2D eigenvalue weighted by atomic mass is 16.2. The summed E-state index contributed by atoms with van der Waals surface area (Å²) < 4.78 is 1.39. The molecule has 0 radical (unpaired) electrons. The van der Waals surface area contributed by atoms with Gasteiger partial charge < -0.3 is 5.73 Å². The van der Waals surface area contributed by atoms with Crippen molar-refractivity contribution >= 4 is 27.7 Å². The number of pyridine rings is 1. The lowest BCUT2D eigenvalue weighted by molar-refractivity contribution is -0.118. The summed E-state index contributed by atoms with van der Waals surface area (Å²) in [6, 6.07) is 7.33. The van der Waals surface area contributed by atoms with Gasteiger partial charge in [0.1, 0.15) is 12.1 Å². The first-order valence-corrected chi connectivity index (χ1v) is 5.84. The average Bonchev–Trinajstić information content (AvgIpc) is 2.77. The van der Waals surface area contributed by atoms with Crippen molar-refractivity contribution in [2.24, 2.45) is 5.73 Å². The van der Waals surface area contributed by atoms with Gasteiger partial charge in [0.15, 0.2) is 0 Å². The number of hydrogen-bond donors (Lipinski definition) is 2. The lowest BCUT2D eigenvalue weighted by Gasteiger charge is -2.09. The Hall–Kier alpha value is -2.63. The SMILES string of the molecule is Cc1[nH]nc2c1c(=O)n(CC(N)=O)c1ccccc21. The van der Waals surface area contributed by atoms with Gasteiger partial charge in [0.2, 0.25) is 5.91 Å². The van der Waals surface area contributed by atoms with Crippen LogP contribution < -0.4 is 11.3 Å². The average molecular weight is 256 g/mol. The topological polar surface area (TPSA) is 93.8 Å². The van der Waals surface area contributed by atoms with Crippen LogP contribution in [0.4, 0.5) is 0 Å². The first-order valence-electron chi connectivity index (χ1n) is 5.84. The number of H-pyrrole nitrogens is 1. The lowest BCUT2D eigenvalue weighted by Crippen LogP contribution is -2.28. The molecular weight excluding hydrogens is 244 g/mol. The number of aryl methyl sites for hydroxylation is 1. The van der Waals surface area contributed by atoms with E-state index < -0.39 is 5.91 Å². The molecule has 0 atom stereocenters. The smallest absolute Gasteiger partial charge is 0.262 e. The number of primary amides is 1. The maximum atomic E-state index is 12.5. The fourth-order valence-corrected chi connectivity index (χ4v) is 2.35. The Bertz CT molecular complexity index is 860. The number of rotatable bonds is 2. The van der Waals surface area contributed by atoms with Crippen molar-refractivity contribution < 1.29 is 4.79 Å². The molecule has 0 bridgehead atoms. The Morgan fingerprint density at radius 1 is 1.42 bits per heavy atom. The van der Waals surface area contributed by atoms with Crippen LogP contribution >= 0.6 is 0 Å². The van der Waals surface area contributed by atoms with Crippen molar-refractivity contribution in [3.05, 3.63) is 40.3 Å². The highest BCUT2D eigenvalue weighted by molar-refractivity contribution is 6.04. The molecule has 2 aromatic heterocycles. The number of hydrogen-bond acceptors (Lipinski definition) is 3. The van der Waals surface area contributed by atoms with Crippen LogP contribution in [0.25, 0.3) is 21.8 Å². The molecule has 3 aromatic rings. The molecular formula is C13H12N4O2. The van der Waals surface area contributed by atoms with Crippen LogP contribution in [0.5, 0.6) is 0 Å². The van der Waals surface area contributed by atoms with E-state index in [1.165, 1.54) is 4.57 Å². The van der Waals surface area contributed by atoms with Gasteiger partial charge in [0.25, 0.3) is 5.56 Å². The molecule has 0 fully saturated rings. The van der Waals surface area contributed by atoms with E-state index in [4.69, 9.17) is 5.73 Å². The molecule has 0 aliphatic rings. The van der Waals surface area contributed by atoms with E-state index in [1.54, 1.807) is 13.0 Å². The minimum atomic E-state index is -0.548. The van der Waals surface area contributed by atoms with Gasteiger partial charge in [-0.25, -0.2) is 0 Å². The summed E-state index contributed by atoms with van der Waals surface area (Å²) in [5.74, 6) is -0.548. The minimum Gasteiger partial charge on any atom is -0.368 e. The predicted octanol–water partition coefficient (Wildman–Crippen LogP) is 0.672. The van der Waals surface area contributed by atoms with Gasteiger partial charge >= 0.3 is 0 Å². The van der Waals surface area contributed by atoms with Crippen molar-refractivity contribution in [2.45, 2.75) is 13.5 Å². The maximum Gasteiger partial charge on any atom is 0.262 e. The van der Waals surface area contributed by atoms with Crippen LogP contribution in [0.1, 0.15) is 5.69 Å². The van der Waals surface area contributed by atoms with Crippen molar-refractivity contribution in [1.82, 2.24) is 14.8 Å². The monoisotopic (exact) mass is 256 g/mol. The number of para-hydroxylation sites is 1. The van der Waals surface area contributed by atoms with E-state index >= 15 is 0 Å². The van der Waals surface area contributed by atoms with Crippen LogP contribution in [-0.2, 0) is 11.3 Å². The Morgan fingerprint density at radius 3 is 2.89 bits per heavy atom. The van der Waals surface area contributed by atoms with E-state index in [-0.39, 0.29) is 12.1 Å². The molecule has 0 aliphatic heterocycles. The molecule has 3 rings (SSSR count). The fourth-order valence-electron chi connectivity index (χ4n) is 2.35. The first-order chi connectivity index (χ1) is 9.09. The van der Waals surface area contributed by atoms with Crippen LogP contribution in [0.2, 0.25) is 0 Å². The molecule has 2 heterocycles. The molecule has 0 saturated heterocycles. The van der Waals surface area contributed by atoms with E-state index in [9.17, 15) is 9.59 Å². The fraction of sp³-hybridized carbons (Fsp3) is 0.154. The summed E-state index contributed by atoms with van der Waals surface area (Å²) in [6.07, 6.45) is 0. The number of carbonyl (C=O) groups excluding carboxylic acids is 1. The molecule has 0 saturated carbocycles. The molecule has 1 amide bonds. The summed E-state index contributed by atoms with van der Waals surface area (Å²) in [5, 5.41) is 8.31.